The SMILES string of the molecule is [2H]c1c([2H])c([2H])c(C(=O)OCCOCCOC(=O)c2c([2H])c([2H])c([2H])c([2H])c2[2H])c([2H])c1[2H]. The zero-order valence-electron chi connectivity index (χ0n) is 21.9. The Kier molecular flexibility index (Phi) is 3.16. The average molecular weight is 324 g/mol. The summed E-state index contributed by atoms with van der Waals surface area (Å²) in [6.07, 6.45) is 0. The molecule has 2 rings (SSSR count). The second kappa shape index (κ2) is 9.38. The maximum Gasteiger partial charge on any atom is 0.338 e. The number of carbonyl (C=O) groups is 2. The summed E-state index contributed by atoms with van der Waals surface area (Å²) in [7, 11) is 0. The van der Waals surface area contributed by atoms with Crippen molar-refractivity contribution in [2.75, 3.05) is 26.4 Å². The van der Waals surface area contributed by atoms with Crippen LogP contribution in [0.15, 0.2) is 60.4 Å². The number of carbonyl (C=O) groups excluding carboxylic acids is 2. The Balaban J connectivity index is 1.83. The summed E-state index contributed by atoms with van der Waals surface area (Å²) >= 11 is 0. The third-order valence-corrected chi connectivity index (χ3v) is 2.33. The van der Waals surface area contributed by atoms with Crippen LogP contribution in [0.25, 0.3) is 0 Å². The van der Waals surface area contributed by atoms with Gasteiger partial charge in [0.15, 0.2) is 0 Å². The van der Waals surface area contributed by atoms with Crippen LogP contribution in [0.5, 0.6) is 0 Å². The number of hydrogen-bond acceptors (Lipinski definition) is 5. The average Bonchev–Trinajstić information content (AvgIpc) is 2.78. The summed E-state index contributed by atoms with van der Waals surface area (Å²) in [5, 5.41) is 0. The quantitative estimate of drug-likeness (QED) is 0.552. The Morgan fingerprint density at radius 2 is 1.09 bits per heavy atom. The van der Waals surface area contributed by atoms with E-state index in [-0.39, 0.29) is 26.4 Å². The number of hydrogen-bond donors (Lipinski definition) is 0. The first-order chi connectivity index (χ1) is 15.4. The van der Waals surface area contributed by atoms with E-state index in [0.717, 1.165) is 0 Å². The smallest absolute Gasteiger partial charge is 0.338 e. The van der Waals surface area contributed by atoms with E-state index in [2.05, 4.69) is 0 Å². The third-order valence-electron chi connectivity index (χ3n) is 2.33. The summed E-state index contributed by atoms with van der Waals surface area (Å²) < 4.78 is 90.8. The van der Waals surface area contributed by atoms with Gasteiger partial charge in [0.1, 0.15) is 13.2 Å². The van der Waals surface area contributed by atoms with Gasteiger partial charge < -0.3 is 14.2 Å². The van der Waals surface area contributed by atoms with Crippen LogP contribution in [-0.4, -0.2) is 38.4 Å². The normalized spacial score (nSPS) is 16.2. The van der Waals surface area contributed by atoms with Gasteiger partial charge >= 0.3 is 11.9 Å². The number of benzene rings is 2. The lowest BCUT2D eigenvalue weighted by atomic mass is 10.2. The van der Waals surface area contributed by atoms with Crippen molar-refractivity contribution in [3.63, 3.8) is 0 Å². The Bertz CT molecular complexity index is 961. The maximum absolute atomic E-state index is 12.1. The molecule has 0 heterocycles. The molecule has 0 fully saturated rings. The van der Waals surface area contributed by atoms with Crippen molar-refractivity contribution < 1.29 is 37.5 Å². The molecule has 0 aliphatic rings. The highest BCUT2D eigenvalue weighted by atomic mass is 16.6. The van der Waals surface area contributed by atoms with Crippen molar-refractivity contribution in [3.05, 3.63) is 71.6 Å². The van der Waals surface area contributed by atoms with Crippen LogP contribution < -0.4 is 0 Å². The van der Waals surface area contributed by atoms with Gasteiger partial charge in [-0.3, -0.25) is 0 Å². The molecule has 0 aliphatic carbocycles. The van der Waals surface area contributed by atoms with Gasteiger partial charge in [-0.25, -0.2) is 9.59 Å². The second-order valence-corrected chi connectivity index (χ2v) is 3.88. The second-order valence-electron chi connectivity index (χ2n) is 3.88. The fourth-order valence-electron chi connectivity index (χ4n) is 1.34. The lowest BCUT2D eigenvalue weighted by Crippen LogP contribution is -2.14. The van der Waals surface area contributed by atoms with Gasteiger partial charge in [-0.1, -0.05) is 36.3 Å². The van der Waals surface area contributed by atoms with Crippen LogP contribution in [0.3, 0.4) is 0 Å². The van der Waals surface area contributed by atoms with E-state index in [1.54, 1.807) is 0 Å². The van der Waals surface area contributed by atoms with E-state index in [9.17, 15) is 9.59 Å². The fourth-order valence-corrected chi connectivity index (χ4v) is 1.34. The largest absolute Gasteiger partial charge is 0.460 e. The zero-order valence-corrected chi connectivity index (χ0v) is 11.9. The Labute approximate surface area is 148 Å². The van der Waals surface area contributed by atoms with Gasteiger partial charge in [0.2, 0.25) is 0 Å². The van der Waals surface area contributed by atoms with E-state index < -0.39 is 83.5 Å². The number of esters is 2. The van der Waals surface area contributed by atoms with Gasteiger partial charge in [-0.05, 0) is 24.2 Å². The lowest BCUT2D eigenvalue weighted by molar-refractivity contribution is 0.0151. The molecule has 2 aromatic carbocycles. The highest BCUT2D eigenvalue weighted by Gasteiger charge is 2.06. The fraction of sp³-hybridized carbons (Fsp3) is 0.222. The number of rotatable bonds is 8. The predicted octanol–water partition coefficient (Wildman–Crippen LogP) is 2.72. The molecule has 5 heteroatoms. The van der Waals surface area contributed by atoms with Crippen molar-refractivity contribution in [1.29, 1.82) is 0 Å². The van der Waals surface area contributed by atoms with Crippen LogP contribution in [-0.2, 0) is 14.2 Å². The first kappa shape index (κ1) is 7.75. The lowest BCUT2D eigenvalue weighted by Gasteiger charge is -2.07. The Morgan fingerprint density at radius 1 is 0.696 bits per heavy atom. The predicted molar refractivity (Wildman–Crippen MR) is 84.3 cm³/mol. The first-order valence-corrected chi connectivity index (χ1v) is 6.47. The van der Waals surface area contributed by atoms with Crippen LogP contribution in [0, 0.1) is 0 Å². The molecule has 0 radical (unpaired) electrons. The molecular formula is C18H18O5. The topological polar surface area (TPSA) is 61.8 Å². The molecule has 0 unspecified atom stereocenters. The molecule has 0 saturated heterocycles. The summed E-state index contributed by atoms with van der Waals surface area (Å²) in [4.78, 5) is 24.2. The van der Waals surface area contributed by atoms with Crippen molar-refractivity contribution in [1.82, 2.24) is 0 Å². The molecule has 0 saturated carbocycles. The molecule has 23 heavy (non-hydrogen) atoms. The van der Waals surface area contributed by atoms with Gasteiger partial charge in [0.25, 0.3) is 0 Å². The van der Waals surface area contributed by atoms with Gasteiger partial charge in [0.05, 0.1) is 38.0 Å². The number of ether oxygens (including phenoxy) is 3. The summed E-state index contributed by atoms with van der Waals surface area (Å²) in [6, 6.07) is -6.69. The van der Waals surface area contributed by atoms with Crippen LogP contribution in [0.1, 0.15) is 34.4 Å². The molecule has 5 nitrogen and oxygen atoms in total. The highest BCUT2D eigenvalue weighted by Crippen LogP contribution is 2.02. The molecule has 0 aliphatic heterocycles. The van der Waals surface area contributed by atoms with E-state index in [1.165, 1.54) is 0 Å². The third kappa shape index (κ3) is 5.92. The van der Waals surface area contributed by atoms with E-state index >= 15 is 0 Å². The van der Waals surface area contributed by atoms with E-state index in [1.807, 2.05) is 0 Å². The summed E-state index contributed by atoms with van der Waals surface area (Å²) in [5.74, 6) is -2.24. The zero-order chi connectivity index (χ0) is 25.0. The van der Waals surface area contributed by atoms with Crippen LogP contribution in [0.4, 0.5) is 0 Å². The Morgan fingerprint density at radius 3 is 1.48 bits per heavy atom. The monoisotopic (exact) mass is 324 g/mol. The molecule has 0 aromatic heterocycles. The minimum absolute atomic E-state index is 0.170. The molecule has 0 bridgehead atoms. The van der Waals surface area contributed by atoms with Crippen molar-refractivity contribution in [2.45, 2.75) is 0 Å². The molecule has 120 valence electrons. The summed E-state index contributed by atoms with van der Waals surface area (Å²) in [5.41, 5.74) is -1.21. The van der Waals surface area contributed by atoms with Gasteiger partial charge in [-0.15, -0.1) is 0 Å². The van der Waals surface area contributed by atoms with Crippen LogP contribution >= 0.6 is 0 Å². The Hall–Kier alpha value is -2.66. The minimum atomic E-state index is -1.12. The standard InChI is InChI=1S/C18H18O5/c19-17(15-7-3-1-4-8-15)22-13-11-21-12-14-23-18(20)16-9-5-2-6-10-16/h1-10H,11-14H2/i1D,2D,3D,4D,5D,6D,7D,8D,9D,10D. The minimum Gasteiger partial charge on any atom is -0.460 e. The molecule has 0 N–H and O–H groups in total. The first-order valence-electron chi connectivity index (χ1n) is 11.5. The molecule has 0 atom stereocenters. The van der Waals surface area contributed by atoms with E-state index in [4.69, 9.17) is 27.9 Å². The maximum atomic E-state index is 12.1. The highest BCUT2D eigenvalue weighted by molar-refractivity contribution is 5.89. The van der Waals surface area contributed by atoms with Crippen LogP contribution in [0.2, 0.25) is 0 Å². The molecule has 2 aromatic rings. The van der Waals surface area contributed by atoms with Crippen molar-refractivity contribution in [2.24, 2.45) is 0 Å². The van der Waals surface area contributed by atoms with Gasteiger partial charge in [-0.2, -0.15) is 0 Å². The van der Waals surface area contributed by atoms with Crippen molar-refractivity contribution in [3.8, 4) is 0 Å². The molecule has 0 amide bonds. The molecular weight excluding hydrogens is 296 g/mol. The van der Waals surface area contributed by atoms with Gasteiger partial charge in [0, 0.05) is 0 Å². The molecule has 0 spiro atoms. The van der Waals surface area contributed by atoms with E-state index in [0.29, 0.717) is 0 Å². The summed E-state index contributed by atoms with van der Waals surface area (Å²) in [6.45, 7) is -0.983. The van der Waals surface area contributed by atoms with Crippen molar-refractivity contribution >= 4 is 11.9 Å².